The van der Waals surface area contributed by atoms with E-state index in [1.807, 2.05) is 18.2 Å². The van der Waals surface area contributed by atoms with Gasteiger partial charge in [-0.15, -0.1) is 11.8 Å². The second-order valence-corrected chi connectivity index (χ2v) is 5.29. The van der Waals surface area contributed by atoms with Crippen LogP contribution in [0.1, 0.15) is 12.0 Å². The molecular weight excluding hydrogens is 240 g/mol. The van der Waals surface area contributed by atoms with E-state index in [0.29, 0.717) is 0 Å². The molecule has 1 aliphatic heterocycles. The Morgan fingerprint density at radius 3 is 3.00 bits per heavy atom. The molecule has 2 rings (SSSR count). The van der Waals surface area contributed by atoms with Gasteiger partial charge in [-0.05, 0) is 37.1 Å². The van der Waals surface area contributed by atoms with Gasteiger partial charge in [0.15, 0.2) is 0 Å². The summed E-state index contributed by atoms with van der Waals surface area (Å²) in [6, 6.07) is 5.93. The number of thioether (sulfide) groups is 1. The highest BCUT2D eigenvalue weighted by molar-refractivity contribution is 8.13. The van der Waals surface area contributed by atoms with Crippen molar-refractivity contribution >= 4 is 34.1 Å². The van der Waals surface area contributed by atoms with Crippen LogP contribution in [0.5, 0.6) is 0 Å². The summed E-state index contributed by atoms with van der Waals surface area (Å²) in [7, 11) is 2.13. The average molecular weight is 255 g/mol. The van der Waals surface area contributed by atoms with Crippen molar-refractivity contribution in [2.24, 2.45) is 4.99 Å². The van der Waals surface area contributed by atoms with Gasteiger partial charge in [-0.2, -0.15) is 0 Å². The molecule has 0 spiro atoms. The third-order valence-corrected chi connectivity index (χ3v) is 3.67. The van der Waals surface area contributed by atoms with E-state index in [0.717, 1.165) is 30.2 Å². The lowest BCUT2D eigenvalue weighted by Crippen LogP contribution is -2.22. The Kier molecular flexibility index (Phi) is 3.90. The molecule has 0 amide bonds. The largest absolute Gasteiger partial charge is 0.302 e. The van der Waals surface area contributed by atoms with Crippen molar-refractivity contribution in [1.29, 1.82) is 0 Å². The fourth-order valence-electron chi connectivity index (χ4n) is 1.78. The van der Waals surface area contributed by atoms with Crippen molar-refractivity contribution < 1.29 is 0 Å². The molecule has 0 saturated carbocycles. The quantitative estimate of drug-likeness (QED) is 0.704. The predicted octanol–water partition coefficient (Wildman–Crippen LogP) is 3.57. The Bertz CT molecular complexity index is 417. The van der Waals surface area contributed by atoms with Crippen molar-refractivity contribution in [3.63, 3.8) is 0 Å². The molecule has 1 aromatic carbocycles. The zero-order valence-electron chi connectivity index (χ0n) is 9.53. The lowest BCUT2D eigenvalue weighted by Gasteiger charge is -2.21. The summed E-state index contributed by atoms with van der Waals surface area (Å²) in [5.41, 5.74) is 2.27. The van der Waals surface area contributed by atoms with E-state index in [2.05, 4.69) is 23.2 Å². The highest BCUT2D eigenvalue weighted by atomic mass is 35.5. The minimum atomic E-state index is 0.786. The zero-order chi connectivity index (χ0) is 11.5. The number of hydrogen-bond acceptors (Lipinski definition) is 3. The second kappa shape index (κ2) is 5.21. The fourth-order valence-corrected chi connectivity index (χ4v) is 2.46. The molecule has 0 N–H and O–H groups in total. The molecular formula is C12H15ClN2S. The minimum Gasteiger partial charge on any atom is -0.302 e. The summed E-state index contributed by atoms with van der Waals surface area (Å²) in [6.07, 6.45) is 3.11. The fraction of sp³-hybridized carbons (Fsp3) is 0.417. The van der Waals surface area contributed by atoms with E-state index in [1.165, 1.54) is 10.6 Å². The molecule has 0 bridgehead atoms. The molecule has 4 heteroatoms. The predicted molar refractivity (Wildman–Crippen MR) is 73.0 cm³/mol. The SMILES string of the molecule is CS/C1=N/c2ccc(Cl)cc2CN(C)CC1. The first-order chi connectivity index (χ1) is 7.69. The van der Waals surface area contributed by atoms with Gasteiger partial charge in [-0.3, -0.25) is 0 Å². The third-order valence-electron chi connectivity index (χ3n) is 2.67. The van der Waals surface area contributed by atoms with Gasteiger partial charge in [0.1, 0.15) is 0 Å². The van der Waals surface area contributed by atoms with Crippen molar-refractivity contribution in [2.75, 3.05) is 19.8 Å². The highest BCUT2D eigenvalue weighted by Gasteiger charge is 2.11. The maximum absolute atomic E-state index is 6.02. The molecule has 16 heavy (non-hydrogen) atoms. The topological polar surface area (TPSA) is 15.6 Å². The van der Waals surface area contributed by atoms with Crippen molar-refractivity contribution in [2.45, 2.75) is 13.0 Å². The van der Waals surface area contributed by atoms with Gasteiger partial charge < -0.3 is 4.90 Å². The molecule has 86 valence electrons. The standard InChI is InChI=1S/C12H15ClN2S/c1-15-6-5-12(16-2)14-11-4-3-10(13)7-9(11)8-15/h3-4,7H,5-6,8H2,1-2H3/b14-12+. The Morgan fingerprint density at radius 2 is 2.25 bits per heavy atom. The zero-order valence-corrected chi connectivity index (χ0v) is 11.1. The number of hydrogen-bond donors (Lipinski definition) is 0. The Hall–Kier alpha value is -0.510. The van der Waals surface area contributed by atoms with Crippen LogP contribution in [0.3, 0.4) is 0 Å². The summed E-state index contributed by atoms with van der Waals surface area (Å²) in [5.74, 6) is 0. The highest BCUT2D eigenvalue weighted by Crippen LogP contribution is 2.27. The van der Waals surface area contributed by atoms with Crippen LogP contribution in [0, 0.1) is 0 Å². The van der Waals surface area contributed by atoms with Crippen LogP contribution in [-0.2, 0) is 6.54 Å². The molecule has 0 saturated heterocycles. The monoisotopic (exact) mass is 254 g/mol. The lowest BCUT2D eigenvalue weighted by molar-refractivity contribution is 0.337. The normalized spacial score (nSPS) is 20.6. The van der Waals surface area contributed by atoms with Gasteiger partial charge in [0.05, 0.1) is 10.7 Å². The van der Waals surface area contributed by atoms with Crippen LogP contribution in [-0.4, -0.2) is 29.8 Å². The smallest absolute Gasteiger partial charge is 0.0748 e. The lowest BCUT2D eigenvalue weighted by atomic mass is 10.1. The molecule has 1 aromatic rings. The summed E-state index contributed by atoms with van der Waals surface area (Å²) in [4.78, 5) is 6.99. The van der Waals surface area contributed by atoms with E-state index in [1.54, 1.807) is 11.8 Å². The third kappa shape index (κ3) is 2.78. The minimum absolute atomic E-state index is 0.786. The molecule has 0 radical (unpaired) electrons. The molecule has 0 unspecified atom stereocenters. The number of nitrogens with zero attached hydrogens (tertiary/aromatic N) is 2. The van der Waals surface area contributed by atoms with Crippen molar-refractivity contribution in [3.8, 4) is 0 Å². The Labute approximate surface area is 106 Å². The summed E-state index contributed by atoms with van der Waals surface area (Å²) in [6.45, 7) is 1.96. The molecule has 0 aliphatic carbocycles. The number of rotatable bonds is 0. The number of aliphatic imine (C=N–C) groups is 1. The van der Waals surface area contributed by atoms with E-state index < -0.39 is 0 Å². The van der Waals surface area contributed by atoms with Gasteiger partial charge in [-0.1, -0.05) is 11.6 Å². The molecule has 0 atom stereocenters. The molecule has 0 fully saturated rings. The second-order valence-electron chi connectivity index (χ2n) is 3.97. The summed E-state index contributed by atoms with van der Waals surface area (Å²) < 4.78 is 0. The first-order valence-corrected chi connectivity index (χ1v) is 6.88. The number of halogens is 1. The number of fused-ring (bicyclic) bond motifs is 1. The summed E-state index contributed by atoms with van der Waals surface area (Å²) >= 11 is 7.75. The maximum Gasteiger partial charge on any atom is 0.0748 e. The van der Waals surface area contributed by atoms with E-state index in [-0.39, 0.29) is 0 Å². The van der Waals surface area contributed by atoms with E-state index in [9.17, 15) is 0 Å². The molecule has 1 aliphatic rings. The molecule has 2 nitrogen and oxygen atoms in total. The first kappa shape index (κ1) is 12.0. The van der Waals surface area contributed by atoms with Gasteiger partial charge in [-0.25, -0.2) is 4.99 Å². The maximum atomic E-state index is 6.02. The summed E-state index contributed by atoms with van der Waals surface area (Å²) in [5, 5.41) is 1.98. The van der Waals surface area contributed by atoms with Crippen LogP contribution in [0.2, 0.25) is 5.02 Å². The first-order valence-electron chi connectivity index (χ1n) is 5.27. The van der Waals surface area contributed by atoms with Crippen LogP contribution in [0.15, 0.2) is 23.2 Å². The van der Waals surface area contributed by atoms with Crippen LogP contribution in [0.25, 0.3) is 0 Å². The molecule has 0 aromatic heterocycles. The van der Waals surface area contributed by atoms with Gasteiger partial charge >= 0.3 is 0 Å². The Balaban J connectivity index is 2.43. The van der Waals surface area contributed by atoms with Crippen molar-refractivity contribution in [3.05, 3.63) is 28.8 Å². The molecule has 1 heterocycles. The average Bonchev–Trinajstić information content (AvgIpc) is 2.24. The van der Waals surface area contributed by atoms with Gasteiger partial charge in [0.2, 0.25) is 0 Å². The Morgan fingerprint density at radius 1 is 1.44 bits per heavy atom. The van der Waals surface area contributed by atoms with E-state index >= 15 is 0 Å². The van der Waals surface area contributed by atoms with Crippen LogP contribution >= 0.6 is 23.4 Å². The van der Waals surface area contributed by atoms with Crippen LogP contribution in [0.4, 0.5) is 5.69 Å². The van der Waals surface area contributed by atoms with Crippen LogP contribution < -0.4 is 0 Å². The van der Waals surface area contributed by atoms with E-state index in [4.69, 9.17) is 11.6 Å². The van der Waals surface area contributed by atoms with Gasteiger partial charge in [0.25, 0.3) is 0 Å². The van der Waals surface area contributed by atoms with Gasteiger partial charge in [0, 0.05) is 24.5 Å². The number of benzene rings is 1. The van der Waals surface area contributed by atoms with Crippen molar-refractivity contribution in [1.82, 2.24) is 4.90 Å².